The molecule has 4 heterocycles. The van der Waals surface area contributed by atoms with Crippen LogP contribution < -0.4 is 9.64 Å². The average molecular weight is 461 g/mol. The number of piperidine rings is 1. The molecule has 0 saturated carbocycles. The van der Waals surface area contributed by atoms with E-state index >= 15 is 0 Å². The molecular formula is C26H28N4O4. The second kappa shape index (κ2) is 8.73. The minimum absolute atomic E-state index is 0.0302. The predicted octanol–water partition coefficient (Wildman–Crippen LogP) is 3.00. The Kier molecular flexibility index (Phi) is 5.74. The van der Waals surface area contributed by atoms with Crippen LogP contribution in [0.5, 0.6) is 5.75 Å². The summed E-state index contributed by atoms with van der Waals surface area (Å²) in [6.07, 6.45) is 4.86. The molecule has 2 aromatic rings. The molecule has 1 aromatic carbocycles. The van der Waals surface area contributed by atoms with Gasteiger partial charge < -0.3 is 14.4 Å². The summed E-state index contributed by atoms with van der Waals surface area (Å²) in [6.45, 7) is 5.97. The first-order valence-corrected chi connectivity index (χ1v) is 11.7. The van der Waals surface area contributed by atoms with Crippen LogP contribution in [0.25, 0.3) is 0 Å². The standard InChI is InChI=1S/C26H28N4O4/c1-17-18(3-4-20-21(17)15-34-25(20)32)5-8-29-9-6-26(7-10-29)12-24(31)30(16-26)23-11-22(33-2)19(13-27)14-28-23/h3-4,11,14H,5-10,12,15-16H2,1-2H3. The number of fused-ring (bicyclic) bond motifs is 1. The lowest BCUT2D eigenvalue weighted by atomic mass is 9.77. The summed E-state index contributed by atoms with van der Waals surface area (Å²) in [5.41, 5.74) is 4.49. The first kappa shape index (κ1) is 22.4. The van der Waals surface area contributed by atoms with Gasteiger partial charge in [-0.05, 0) is 61.9 Å². The van der Waals surface area contributed by atoms with Crippen molar-refractivity contribution < 1.29 is 19.1 Å². The van der Waals surface area contributed by atoms with Gasteiger partial charge in [-0.1, -0.05) is 6.07 Å². The van der Waals surface area contributed by atoms with E-state index in [-0.39, 0.29) is 17.3 Å². The highest BCUT2D eigenvalue weighted by molar-refractivity contribution is 5.96. The lowest BCUT2D eigenvalue weighted by Gasteiger charge is -2.38. The number of amides is 1. The van der Waals surface area contributed by atoms with E-state index in [1.54, 1.807) is 11.0 Å². The number of cyclic esters (lactones) is 1. The van der Waals surface area contributed by atoms with Gasteiger partial charge in [0.1, 0.15) is 29.8 Å². The molecule has 1 spiro atoms. The number of hydrogen-bond donors (Lipinski definition) is 0. The molecule has 2 fully saturated rings. The minimum Gasteiger partial charge on any atom is -0.495 e. The monoisotopic (exact) mass is 460 g/mol. The molecular weight excluding hydrogens is 432 g/mol. The van der Waals surface area contributed by atoms with Crippen molar-refractivity contribution in [1.82, 2.24) is 9.88 Å². The third kappa shape index (κ3) is 3.90. The van der Waals surface area contributed by atoms with Crippen LogP contribution >= 0.6 is 0 Å². The van der Waals surface area contributed by atoms with E-state index < -0.39 is 0 Å². The van der Waals surface area contributed by atoms with Crippen LogP contribution in [-0.4, -0.2) is 55.0 Å². The van der Waals surface area contributed by atoms with Crippen molar-refractivity contribution in [3.8, 4) is 11.8 Å². The zero-order chi connectivity index (χ0) is 23.9. The summed E-state index contributed by atoms with van der Waals surface area (Å²) in [6, 6.07) is 7.69. The van der Waals surface area contributed by atoms with Crippen LogP contribution in [-0.2, 0) is 22.6 Å². The fourth-order valence-electron chi connectivity index (χ4n) is 5.46. The van der Waals surface area contributed by atoms with Crippen LogP contribution in [0.2, 0.25) is 0 Å². The van der Waals surface area contributed by atoms with Crippen molar-refractivity contribution in [2.75, 3.05) is 38.2 Å². The van der Waals surface area contributed by atoms with E-state index in [1.165, 1.54) is 24.4 Å². The molecule has 3 aliphatic rings. The van der Waals surface area contributed by atoms with Gasteiger partial charge in [-0.3, -0.25) is 9.69 Å². The molecule has 2 saturated heterocycles. The Morgan fingerprint density at radius 2 is 2.06 bits per heavy atom. The molecule has 0 atom stereocenters. The van der Waals surface area contributed by atoms with Gasteiger partial charge in [0.15, 0.2) is 0 Å². The van der Waals surface area contributed by atoms with Gasteiger partial charge in [0.2, 0.25) is 5.91 Å². The second-order valence-electron chi connectivity index (χ2n) is 9.55. The number of esters is 1. The van der Waals surface area contributed by atoms with Crippen molar-refractivity contribution in [2.24, 2.45) is 5.41 Å². The second-order valence-corrected chi connectivity index (χ2v) is 9.55. The predicted molar refractivity (Wildman–Crippen MR) is 125 cm³/mol. The van der Waals surface area contributed by atoms with Gasteiger partial charge in [0.05, 0.1) is 18.9 Å². The molecule has 1 amide bonds. The first-order valence-electron chi connectivity index (χ1n) is 11.7. The Morgan fingerprint density at radius 3 is 2.79 bits per heavy atom. The number of pyridine rings is 1. The molecule has 34 heavy (non-hydrogen) atoms. The van der Waals surface area contributed by atoms with Crippen LogP contribution in [0, 0.1) is 23.7 Å². The first-order chi connectivity index (χ1) is 16.4. The van der Waals surface area contributed by atoms with E-state index in [4.69, 9.17) is 9.47 Å². The zero-order valence-corrected chi connectivity index (χ0v) is 19.6. The molecule has 8 nitrogen and oxygen atoms in total. The van der Waals surface area contributed by atoms with Crippen molar-refractivity contribution in [3.05, 3.63) is 52.2 Å². The number of likely N-dealkylation sites (tertiary alicyclic amines) is 1. The Hall–Kier alpha value is -3.44. The number of anilines is 1. The Morgan fingerprint density at radius 1 is 1.26 bits per heavy atom. The van der Waals surface area contributed by atoms with Crippen molar-refractivity contribution in [2.45, 2.75) is 39.2 Å². The molecule has 5 rings (SSSR count). The number of benzene rings is 1. The number of methoxy groups -OCH3 is 1. The van der Waals surface area contributed by atoms with Crippen molar-refractivity contribution in [3.63, 3.8) is 0 Å². The summed E-state index contributed by atoms with van der Waals surface area (Å²) < 4.78 is 10.5. The molecule has 1 aromatic heterocycles. The molecule has 176 valence electrons. The van der Waals surface area contributed by atoms with E-state index in [0.29, 0.717) is 42.3 Å². The smallest absolute Gasteiger partial charge is 0.338 e. The summed E-state index contributed by atoms with van der Waals surface area (Å²) >= 11 is 0. The van der Waals surface area contributed by atoms with E-state index in [2.05, 4.69) is 28.9 Å². The van der Waals surface area contributed by atoms with E-state index in [0.717, 1.165) is 44.5 Å². The van der Waals surface area contributed by atoms with Crippen molar-refractivity contribution >= 4 is 17.7 Å². The van der Waals surface area contributed by atoms with Crippen LogP contribution in [0.4, 0.5) is 5.82 Å². The SMILES string of the molecule is COc1cc(N2CC3(CCN(CCc4ccc5c(c4C)COC5=O)CC3)CC2=O)ncc1C#N. The number of carbonyl (C=O) groups is 2. The van der Waals surface area contributed by atoms with Crippen molar-refractivity contribution in [1.29, 1.82) is 5.26 Å². The number of rotatable bonds is 5. The fourth-order valence-corrected chi connectivity index (χ4v) is 5.46. The number of carbonyl (C=O) groups excluding carboxylic acids is 2. The van der Waals surface area contributed by atoms with Crippen LogP contribution in [0.15, 0.2) is 24.4 Å². The molecule has 3 aliphatic heterocycles. The highest BCUT2D eigenvalue weighted by Crippen LogP contribution is 2.42. The zero-order valence-electron chi connectivity index (χ0n) is 19.6. The third-order valence-corrected chi connectivity index (χ3v) is 7.68. The number of aromatic nitrogens is 1. The maximum Gasteiger partial charge on any atom is 0.338 e. The summed E-state index contributed by atoms with van der Waals surface area (Å²) in [7, 11) is 1.51. The number of ether oxygens (including phenoxy) is 2. The third-order valence-electron chi connectivity index (χ3n) is 7.68. The number of nitrogens with zero attached hydrogens (tertiary/aromatic N) is 4. The van der Waals surface area contributed by atoms with E-state index in [9.17, 15) is 14.9 Å². The topological polar surface area (TPSA) is 95.8 Å². The number of nitriles is 1. The molecule has 0 bridgehead atoms. The summed E-state index contributed by atoms with van der Waals surface area (Å²) in [4.78, 5) is 33.2. The lowest BCUT2D eigenvalue weighted by Crippen LogP contribution is -2.42. The molecule has 0 radical (unpaired) electrons. The molecule has 0 unspecified atom stereocenters. The average Bonchev–Trinajstić information content (AvgIpc) is 3.39. The molecule has 8 heteroatoms. The maximum absolute atomic E-state index is 12.9. The van der Waals surface area contributed by atoms with Gasteiger partial charge in [0, 0.05) is 31.1 Å². The molecule has 0 aliphatic carbocycles. The maximum atomic E-state index is 12.9. The van der Waals surface area contributed by atoms with Gasteiger partial charge >= 0.3 is 5.97 Å². The lowest BCUT2D eigenvalue weighted by molar-refractivity contribution is -0.118. The number of hydrogen-bond acceptors (Lipinski definition) is 7. The highest BCUT2D eigenvalue weighted by atomic mass is 16.5. The van der Waals surface area contributed by atoms with Gasteiger partial charge in [0.25, 0.3) is 0 Å². The minimum atomic E-state index is -0.221. The Balaban J connectivity index is 1.20. The van der Waals surface area contributed by atoms with Crippen LogP contribution in [0.3, 0.4) is 0 Å². The normalized spacial score (nSPS) is 19.3. The summed E-state index contributed by atoms with van der Waals surface area (Å²) in [5, 5.41) is 9.19. The van der Waals surface area contributed by atoms with Gasteiger partial charge in [-0.2, -0.15) is 5.26 Å². The largest absolute Gasteiger partial charge is 0.495 e. The molecule has 0 N–H and O–H groups in total. The quantitative estimate of drug-likeness (QED) is 0.633. The van der Waals surface area contributed by atoms with Gasteiger partial charge in [-0.25, -0.2) is 9.78 Å². The fraction of sp³-hybridized carbons (Fsp3) is 0.462. The van der Waals surface area contributed by atoms with Gasteiger partial charge in [-0.15, -0.1) is 0 Å². The Labute approximate surface area is 199 Å². The van der Waals surface area contributed by atoms with E-state index in [1.807, 2.05) is 6.07 Å². The summed E-state index contributed by atoms with van der Waals surface area (Å²) in [5.74, 6) is 0.850. The Bertz CT molecular complexity index is 1190. The van der Waals surface area contributed by atoms with Crippen LogP contribution in [0.1, 0.15) is 51.9 Å². The highest BCUT2D eigenvalue weighted by Gasteiger charge is 2.45.